The maximum absolute atomic E-state index is 13.2. The highest BCUT2D eigenvalue weighted by molar-refractivity contribution is 5.84. The van der Waals surface area contributed by atoms with Crippen LogP contribution < -0.4 is 16.0 Å². The summed E-state index contributed by atoms with van der Waals surface area (Å²) in [4.78, 5) is 31.3. The third-order valence-corrected chi connectivity index (χ3v) is 6.11. The number of nitrogens with zero attached hydrogens (tertiary/aromatic N) is 2. The van der Waals surface area contributed by atoms with Crippen molar-refractivity contribution in [2.45, 2.75) is 45.5 Å². The van der Waals surface area contributed by atoms with Gasteiger partial charge in [0.05, 0.1) is 0 Å². The van der Waals surface area contributed by atoms with Crippen molar-refractivity contribution in [1.82, 2.24) is 15.3 Å². The van der Waals surface area contributed by atoms with Crippen molar-refractivity contribution >= 4 is 23.6 Å². The van der Waals surface area contributed by atoms with Gasteiger partial charge < -0.3 is 21.1 Å². The van der Waals surface area contributed by atoms with Gasteiger partial charge in [0.1, 0.15) is 11.9 Å². The highest BCUT2D eigenvalue weighted by Gasteiger charge is 2.38. The van der Waals surface area contributed by atoms with E-state index in [4.69, 9.17) is 9.90 Å². The van der Waals surface area contributed by atoms with Crippen LogP contribution >= 0.6 is 0 Å². The first-order valence-corrected chi connectivity index (χ1v) is 13.6. The first-order valence-electron chi connectivity index (χ1n) is 13.6. The Bertz CT molecular complexity index is 1470. The summed E-state index contributed by atoms with van der Waals surface area (Å²) >= 11 is 0. The Labute approximate surface area is 248 Å². The maximum atomic E-state index is 13.2. The van der Waals surface area contributed by atoms with Gasteiger partial charge in [0.2, 0.25) is 11.9 Å². The van der Waals surface area contributed by atoms with Crippen LogP contribution in [0.5, 0.6) is 0 Å². The van der Waals surface area contributed by atoms with Crippen molar-refractivity contribution in [3.8, 4) is 0 Å². The highest BCUT2D eigenvalue weighted by Crippen LogP contribution is 2.15. The van der Waals surface area contributed by atoms with Crippen LogP contribution in [0.2, 0.25) is 0 Å². The fourth-order valence-corrected chi connectivity index (χ4v) is 4.06. The number of nitrogens with one attached hydrogen (secondary N) is 3. The molecule has 1 heterocycles. The third kappa shape index (κ3) is 11.8. The molecule has 4 N–H and O–H groups in total. The van der Waals surface area contributed by atoms with Gasteiger partial charge in [-0.05, 0) is 37.0 Å². The molecule has 0 saturated carbocycles. The van der Waals surface area contributed by atoms with Crippen LogP contribution in [0.4, 0.5) is 24.9 Å². The number of aromatic nitrogens is 2. The molecule has 3 aromatic carbocycles. The van der Waals surface area contributed by atoms with Gasteiger partial charge in [0, 0.05) is 31.3 Å². The predicted octanol–water partition coefficient (Wildman–Crippen LogP) is 5.72. The quantitative estimate of drug-likeness (QED) is 0.176. The van der Waals surface area contributed by atoms with E-state index in [9.17, 15) is 18.0 Å². The number of amides is 1. The number of carboxylic acids is 1. The van der Waals surface area contributed by atoms with Crippen molar-refractivity contribution < 1.29 is 27.9 Å². The van der Waals surface area contributed by atoms with E-state index in [2.05, 4.69) is 63.2 Å². The number of rotatable bonds is 11. The van der Waals surface area contributed by atoms with Crippen LogP contribution in [-0.2, 0) is 29.0 Å². The maximum Gasteiger partial charge on any atom is 0.490 e. The summed E-state index contributed by atoms with van der Waals surface area (Å²) in [5.74, 6) is -1.66. The van der Waals surface area contributed by atoms with Crippen molar-refractivity contribution in [2.24, 2.45) is 0 Å². The number of carbonyl (C=O) groups excluding carboxylic acids is 1. The second kappa shape index (κ2) is 15.9. The Hall–Kier alpha value is -4.93. The predicted molar refractivity (Wildman–Crippen MR) is 160 cm³/mol. The molecule has 0 bridgehead atoms. The van der Waals surface area contributed by atoms with Crippen LogP contribution in [0.1, 0.15) is 27.9 Å². The highest BCUT2D eigenvalue weighted by atomic mass is 19.4. The number of halogens is 3. The molecule has 0 spiro atoms. The Morgan fingerprint density at radius 2 is 1.44 bits per heavy atom. The smallest absolute Gasteiger partial charge is 0.475 e. The number of benzene rings is 3. The van der Waals surface area contributed by atoms with Crippen LogP contribution in [0, 0.1) is 13.8 Å². The standard InChI is InChI=1S/C30H33N5O.C2HF3O2/c1-22-10-9-15-26(18-22)21-32-30-33-23(2)19-28(35-30)34-27(20-25-13-7-4-8-14-25)29(36)31-17-16-24-11-5-3-6-12-24;3-2(4,5)1(6)7/h3-15,18-19,27H,16-17,20-21H2,1-2H3,(H,31,36)(H2,32,33,34,35);(H,6,7)/t27-;/m0./s1. The van der Waals surface area contributed by atoms with Crippen molar-refractivity contribution in [3.63, 3.8) is 0 Å². The monoisotopic (exact) mass is 593 g/mol. The first kappa shape index (κ1) is 32.6. The summed E-state index contributed by atoms with van der Waals surface area (Å²) in [6.07, 6.45) is -3.75. The average Bonchev–Trinajstić information content (AvgIpc) is 2.96. The van der Waals surface area contributed by atoms with E-state index in [0.29, 0.717) is 31.3 Å². The molecule has 1 amide bonds. The lowest BCUT2D eigenvalue weighted by atomic mass is 10.0. The molecular formula is C32H34F3N5O3. The number of anilines is 2. The van der Waals surface area contributed by atoms with E-state index in [-0.39, 0.29) is 5.91 Å². The molecule has 0 fully saturated rings. The summed E-state index contributed by atoms with van der Waals surface area (Å²) in [5, 5.41) is 16.9. The van der Waals surface area contributed by atoms with Crippen LogP contribution in [0.3, 0.4) is 0 Å². The molecule has 0 radical (unpaired) electrons. The zero-order chi connectivity index (χ0) is 31.2. The molecule has 1 atom stereocenters. The van der Waals surface area contributed by atoms with Crippen molar-refractivity contribution in [1.29, 1.82) is 0 Å². The van der Waals surface area contributed by atoms with E-state index in [1.54, 1.807) is 0 Å². The summed E-state index contributed by atoms with van der Waals surface area (Å²) in [6.45, 7) is 5.20. The molecule has 0 saturated heterocycles. The SMILES string of the molecule is Cc1cccc(CNc2nc(C)cc(N[C@@H](Cc3ccccc3)C(=O)NCCc3ccccc3)n2)c1.O=C(O)C(F)(F)F. The molecule has 4 rings (SSSR count). The molecule has 43 heavy (non-hydrogen) atoms. The molecular weight excluding hydrogens is 559 g/mol. The molecule has 4 aromatic rings. The largest absolute Gasteiger partial charge is 0.490 e. The van der Waals surface area contributed by atoms with Gasteiger partial charge in [-0.1, -0.05) is 90.5 Å². The minimum atomic E-state index is -5.08. The van der Waals surface area contributed by atoms with Gasteiger partial charge in [-0.3, -0.25) is 4.79 Å². The minimum Gasteiger partial charge on any atom is -0.475 e. The zero-order valence-electron chi connectivity index (χ0n) is 23.9. The molecule has 0 aliphatic heterocycles. The zero-order valence-corrected chi connectivity index (χ0v) is 23.9. The number of hydrogen-bond acceptors (Lipinski definition) is 6. The number of hydrogen-bond donors (Lipinski definition) is 4. The lowest BCUT2D eigenvalue weighted by Crippen LogP contribution is -2.42. The summed E-state index contributed by atoms with van der Waals surface area (Å²) in [7, 11) is 0. The molecule has 0 aliphatic carbocycles. The van der Waals surface area contributed by atoms with Gasteiger partial charge >= 0.3 is 12.1 Å². The summed E-state index contributed by atoms with van der Waals surface area (Å²) in [5.41, 5.74) is 5.47. The molecule has 226 valence electrons. The molecule has 8 nitrogen and oxygen atoms in total. The topological polar surface area (TPSA) is 116 Å². The number of aliphatic carboxylic acids is 1. The minimum absolute atomic E-state index is 0.0553. The number of carbonyl (C=O) groups is 2. The second-order valence-corrected chi connectivity index (χ2v) is 9.78. The first-order chi connectivity index (χ1) is 20.5. The number of aryl methyl sites for hydroxylation is 2. The molecule has 0 unspecified atom stereocenters. The Kier molecular flexibility index (Phi) is 12.1. The van der Waals surface area contributed by atoms with Crippen molar-refractivity contribution in [2.75, 3.05) is 17.2 Å². The number of carboxylic acid groups (broad SMARTS) is 1. The lowest BCUT2D eigenvalue weighted by Gasteiger charge is -2.20. The van der Waals surface area contributed by atoms with Crippen LogP contribution in [0.15, 0.2) is 91.0 Å². The van der Waals surface area contributed by atoms with E-state index < -0.39 is 18.2 Å². The number of alkyl halides is 3. The van der Waals surface area contributed by atoms with Crippen LogP contribution in [0.25, 0.3) is 0 Å². The molecule has 0 aliphatic rings. The molecule has 11 heteroatoms. The summed E-state index contributed by atoms with van der Waals surface area (Å²) < 4.78 is 31.7. The van der Waals surface area contributed by atoms with Crippen molar-refractivity contribution in [3.05, 3.63) is 119 Å². The third-order valence-electron chi connectivity index (χ3n) is 6.11. The van der Waals surface area contributed by atoms with Gasteiger partial charge in [0.15, 0.2) is 0 Å². The van der Waals surface area contributed by atoms with E-state index in [1.807, 2.05) is 67.6 Å². The fourth-order valence-electron chi connectivity index (χ4n) is 4.06. The van der Waals surface area contributed by atoms with Gasteiger partial charge in [-0.25, -0.2) is 9.78 Å². The van der Waals surface area contributed by atoms with Crippen LogP contribution in [-0.4, -0.2) is 45.7 Å². The molecule has 1 aromatic heterocycles. The van der Waals surface area contributed by atoms with E-state index in [0.717, 1.165) is 23.2 Å². The second-order valence-electron chi connectivity index (χ2n) is 9.78. The van der Waals surface area contributed by atoms with E-state index in [1.165, 1.54) is 11.1 Å². The average molecular weight is 594 g/mol. The lowest BCUT2D eigenvalue weighted by molar-refractivity contribution is -0.192. The Balaban J connectivity index is 0.000000646. The van der Waals surface area contributed by atoms with Gasteiger partial charge in [0.25, 0.3) is 0 Å². The Morgan fingerprint density at radius 3 is 2.05 bits per heavy atom. The normalized spacial score (nSPS) is 11.5. The van der Waals surface area contributed by atoms with Gasteiger partial charge in [-0.2, -0.15) is 18.2 Å². The Morgan fingerprint density at radius 1 is 0.837 bits per heavy atom. The van der Waals surface area contributed by atoms with E-state index >= 15 is 0 Å². The van der Waals surface area contributed by atoms with Gasteiger partial charge in [-0.15, -0.1) is 0 Å². The summed E-state index contributed by atoms with van der Waals surface area (Å²) in [6, 6.07) is 29.9. The fraction of sp³-hybridized carbons (Fsp3) is 0.250.